The van der Waals surface area contributed by atoms with Crippen LogP contribution in [-0.4, -0.2) is 28.0 Å². The summed E-state index contributed by atoms with van der Waals surface area (Å²) in [6, 6.07) is 7.05. The molecule has 2 atom stereocenters. The van der Waals surface area contributed by atoms with Gasteiger partial charge in [0.25, 0.3) is 0 Å². The fraction of sp³-hybridized carbons (Fsp3) is 0.412. The summed E-state index contributed by atoms with van der Waals surface area (Å²) in [5.74, 6) is 1.13. The Kier molecular flexibility index (Phi) is 5.13. The van der Waals surface area contributed by atoms with Crippen molar-refractivity contribution in [1.82, 2.24) is 9.97 Å². The number of nitrogen functional groups attached to an aromatic ring is 1. The van der Waals surface area contributed by atoms with Gasteiger partial charge in [-0.2, -0.15) is 9.97 Å². The molecule has 0 aliphatic carbocycles. The molecule has 1 aromatic carbocycles. The molecule has 1 fully saturated rings. The summed E-state index contributed by atoms with van der Waals surface area (Å²) in [6.07, 6.45) is 1.08. The number of hydrogen-bond acceptors (Lipinski definition) is 7. The Morgan fingerprint density at radius 1 is 1.31 bits per heavy atom. The van der Waals surface area contributed by atoms with Crippen molar-refractivity contribution >= 4 is 40.6 Å². The molecule has 8 nitrogen and oxygen atoms in total. The summed E-state index contributed by atoms with van der Waals surface area (Å²) >= 11 is 5.99. The first kappa shape index (κ1) is 18.2. The molecule has 0 bridgehead atoms. The fourth-order valence-corrected chi connectivity index (χ4v) is 3.63. The number of nitrogens with two attached hydrogens (primary N) is 1. The number of hydrogen-bond donors (Lipinski definition) is 2. The molecule has 3 rings (SSSR count). The van der Waals surface area contributed by atoms with E-state index >= 15 is 0 Å². The van der Waals surface area contributed by atoms with E-state index in [9.17, 15) is 10.1 Å². The van der Waals surface area contributed by atoms with E-state index in [0.29, 0.717) is 35.6 Å². The average Bonchev–Trinajstić information content (AvgIpc) is 2.53. The minimum Gasteiger partial charge on any atom is -0.378 e. The van der Waals surface area contributed by atoms with Crippen LogP contribution in [0.1, 0.15) is 20.3 Å². The second-order valence-electron chi connectivity index (χ2n) is 6.85. The first-order valence-corrected chi connectivity index (χ1v) is 8.80. The van der Waals surface area contributed by atoms with Gasteiger partial charge < -0.3 is 16.0 Å². The van der Waals surface area contributed by atoms with Crippen LogP contribution in [0.4, 0.5) is 29.0 Å². The van der Waals surface area contributed by atoms with Crippen molar-refractivity contribution in [3.63, 3.8) is 0 Å². The number of aromatic nitrogens is 2. The number of nitrogens with zero attached hydrogens (tertiary/aromatic N) is 4. The molecule has 2 heterocycles. The molecule has 0 amide bonds. The molecule has 2 aromatic rings. The number of nitrogens with one attached hydrogen (secondary N) is 1. The zero-order valence-corrected chi connectivity index (χ0v) is 15.4. The molecule has 3 N–H and O–H groups in total. The van der Waals surface area contributed by atoms with Crippen LogP contribution >= 0.6 is 11.6 Å². The molecule has 26 heavy (non-hydrogen) atoms. The van der Waals surface area contributed by atoms with Gasteiger partial charge in [-0.15, -0.1) is 0 Å². The number of nitro groups is 1. The van der Waals surface area contributed by atoms with Crippen molar-refractivity contribution in [1.29, 1.82) is 0 Å². The first-order chi connectivity index (χ1) is 12.3. The smallest absolute Gasteiger partial charge is 0.353 e. The highest BCUT2D eigenvalue weighted by Crippen LogP contribution is 2.36. The highest BCUT2D eigenvalue weighted by atomic mass is 35.5. The topological polar surface area (TPSA) is 110 Å². The van der Waals surface area contributed by atoms with E-state index in [2.05, 4.69) is 29.1 Å². The summed E-state index contributed by atoms with van der Waals surface area (Å²) in [6.45, 7) is 5.64. The van der Waals surface area contributed by atoms with Crippen molar-refractivity contribution in [2.75, 3.05) is 29.0 Å². The number of benzene rings is 1. The molecular formula is C17H21ClN6O2. The van der Waals surface area contributed by atoms with E-state index in [-0.39, 0.29) is 23.3 Å². The van der Waals surface area contributed by atoms with E-state index in [4.69, 9.17) is 17.3 Å². The largest absolute Gasteiger partial charge is 0.378 e. The van der Waals surface area contributed by atoms with E-state index in [1.165, 1.54) is 0 Å². The number of piperidine rings is 1. The van der Waals surface area contributed by atoms with Gasteiger partial charge in [0.15, 0.2) is 0 Å². The van der Waals surface area contributed by atoms with Crippen LogP contribution in [0.5, 0.6) is 0 Å². The van der Waals surface area contributed by atoms with Crippen LogP contribution in [-0.2, 0) is 0 Å². The molecular weight excluding hydrogens is 356 g/mol. The predicted molar refractivity (Wildman–Crippen MR) is 103 cm³/mol. The summed E-state index contributed by atoms with van der Waals surface area (Å²) in [5, 5.41) is 15.1. The van der Waals surface area contributed by atoms with Gasteiger partial charge in [0, 0.05) is 23.8 Å². The maximum absolute atomic E-state index is 11.5. The lowest BCUT2D eigenvalue weighted by molar-refractivity contribution is -0.383. The number of rotatable bonds is 4. The van der Waals surface area contributed by atoms with Gasteiger partial charge in [-0.25, -0.2) is 0 Å². The monoisotopic (exact) mass is 376 g/mol. The van der Waals surface area contributed by atoms with Crippen molar-refractivity contribution in [2.45, 2.75) is 20.3 Å². The first-order valence-electron chi connectivity index (χ1n) is 8.43. The Morgan fingerprint density at radius 2 is 2.00 bits per heavy atom. The number of halogens is 1. The second kappa shape index (κ2) is 7.33. The molecule has 1 aromatic heterocycles. The zero-order chi connectivity index (χ0) is 18.8. The van der Waals surface area contributed by atoms with Gasteiger partial charge in [-0.3, -0.25) is 10.1 Å². The summed E-state index contributed by atoms with van der Waals surface area (Å²) in [4.78, 5) is 21.4. The Balaban J connectivity index is 2.00. The summed E-state index contributed by atoms with van der Waals surface area (Å²) in [5.41, 5.74) is 6.33. The van der Waals surface area contributed by atoms with Crippen LogP contribution in [0.25, 0.3) is 0 Å². The molecule has 138 valence electrons. The van der Waals surface area contributed by atoms with Crippen LogP contribution in [0.15, 0.2) is 24.3 Å². The maximum atomic E-state index is 11.5. The molecule has 1 saturated heterocycles. The minimum atomic E-state index is -0.516. The molecule has 0 saturated carbocycles. The molecule has 1 aliphatic heterocycles. The Bertz CT molecular complexity index is 821. The molecule has 9 heteroatoms. The zero-order valence-electron chi connectivity index (χ0n) is 14.6. The quantitative estimate of drug-likeness (QED) is 0.615. The number of anilines is 4. The van der Waals surface area contributed by atoms with Crippen molar-refractivity contribution < 1.29 is 4.92 Å². The maximum Gasteiger partial charge on any atom is 0.353 e. The van der Waals surface area contributed by atoms with Gasteiger partial charge >= 0.3 is 5.69 Å². The lowest BCUT2D eigenvalue weighted by Gasteiger charge is -2.35. The van der Waals surface area contributed by atoms with Crippen molar-refractivity contribution in [2.24, 2.45) is 11.8 Å². The molecule has 0 radical (unpaired) electrons. The average molecular weight is 377 g/mol. The Morgan fingerprint density at radius 3 is 2.62 bits per heavy atom. The van der Waals surface area contributed by atoms with E-state index in [1.807, 2.05) is 4.90 Å². The van der Waals surface area contributed by atoms with E-state index in [1.54, 1.807) is 24.3 Å². The minimum absolute atomic E-state index is 0.157. The standard InChI is InChI=1S/C17H21ClN6O2/c1-10-6-11(2)9-23(8-10)16-14(24(25)26)15(19)21-17(22-16)20-13-5-3-4-12(18)7-13/h3-5,7,10-11H,6,8-9H2,1-2H3,(H3,19,20,21,22). The highest BCUT2D eigenvalue weighted by Gasteiger charge is 2.31. The molecule has 1 aliphatic rings. The summed E-state index contributed by atoms with van der Waals surface area (Å²) < 4.78 is 0. The van der Waals surface area contributed by atoms with Crippen molar-refractivity contribution in [3.05, 3.63) is 39.4 Å². The predicted octanol–water partition coefficient (Wildman–Crippen LogP) is 3.85. The van der Waals surface area contributed by atoms with Crippen LogP contribution in [0.2, 0.25) is 5.02 Å². The van der Waals surface area contributed by atoms with Gasteiger partial charge in [0.2, 0.25) is 17.6 Å². The van der Waals surface area contributed by atoms with Crippen LogP contribution in [0.3, 0.4) is 0 Å². The van der Waals surface area contributed by atoms with Crippen molar-refractivity contribution in [3.8, 4) is 0 Å². The van der Waals surface area contributed by atoms with E-state index in [0.717, 1.165) is 6.42 Å². The lowest BCUT2D eigenvalue weighted by Crippen LogP contribution is -2.39. The normalized spacial score (nSPS) is 20.0. The van der Waals surface area contributed by atoms with Gasteiger partial charge in [-0.05, 0) is 36.5 Å². The van der Waals surface area contributed by atoms with Crippen LogP contribution < -0.4 is 16.0 Å². The SMILES string of the molecule is CC1CC(C)CN(c2nc(Nc3cccc(Cl)c3)nc(N)c2[N+](=O)[O-])C1. The van der Waals surface area contributed by atoms with E-state index < -0.39 is 4.92 Å². The van der Waals surface area contributed by atoms with Gasteiger partial charge in [0.05, 0.1) is 4.92 Å². The lowest BCUT2D eigenvalue weighted by atomic mass is 9.92. The highest BCUT2D eigenvalue weighted by molar-refractivity contribution is 6.30. The molecule has 2 unspecified atom stereocenters. The third-order valence-corrected chi connectivity index (χ3v) is 4.56. The van der Waals surface area contributed by atoms with Crippen LogP contribution in [0, 0.1) is 22.0 Å². The fourth-order valence-electron chi connectivity index (χ4n) is 3.44. The third-order valence-electron chi connectivity index (χ3n) is 4.32. The van der Waals surface area contributed by atoms with Gasteiger partial charge in [0.1, 0.15) is 0 Å². The Hall–Kier alpha value is -2.61. The molecule has 0 spiro atoms. The summed E-state index contributed by atoms with van der Waals surface area (Å²) in [7, 11) is 0. The Labute approximate surface area is 156 Å². The van der Waals surface area contributed by atoms with Gasteiger partial charge in [-0.1, -0.05) is 31.5 Å². The second-order valence-corrected chi connectivity index (χ2v) is 7.28. The third kappa shape index (κ3) is 3.96.